The lowest BCUT2D eigenvalue weighted by Crippen LogP contribution is -2.40. The maximum atomic E-state index is 12.7. The van der Waals surface area contributed by atoms with E-state index in [2.05, 4.69) is 9.71 Å². The molecule has 1 fully saturated rings. The topological polar surface area (TPSA) is 85.1 Å². The van der Waals surface area contributed by atoms with Crippen LogP contribution < -0.4 is 10.5 Å². The van der Waals surface area contributed by atoms with Crippen LogP contribution in [0, 0.1) is 6.92 Å². The highest BCUT2D eigenvalue weighted by Crippen LogP contribution is 2.26. The van der Waals surface area contributed by atoms with Gasteiger partial charge in [-0.1, -0.05) is 6.07 Å². The molecular weight excluding hydrogens is 334 g/mol. The number of hydrogen-bond donors (Lipinski definition) is 2. The number of nitrogens with one attached hydrogen (secondary N) is 1. The zero-order valence-corrected chi connectivity index (χ0v) is 14.7. The van der Waals surface area contributed by atoms with Gasteiger partial charge < -0.3 is 5.73 Å². The van der Waals surface area contributed by atoms with E-state index in [9.17, 15) is 8.42 Å². The Kier molecular flexibility index (Phi) is 5.62. The molecule has 0 bridgehead atoms. The van der Waals surface area contributed by atoms with Crippen molar-refractivity contribution >= 4 is 33.3 Å². The summed E-state index contributed by atoms with van der Waals surface area (Å²) in [6.07, 6.45) is 5.00. The smallest absolute Gasteiger partial charge is 0.241 e. The van der Waals surface area contributed by atoms with Crippen LogP contribution >= 0.6 is 12.4 Å². The number of sulfonamides is 1. The standard InChI is InChI=1S/C16H21N3O2S.ClH/c1-11-4-9-15(14-3-2-10-18-16(11)14)22(20,21)19-13-7-5-12(17)6-8-13;/h2-4,9-10,12-13,19H,5-8,17H2,1H3;1H. The summed E-state index contributed by atoms with van der Waals surface area (Å²) in [7, 11) is -3.55. The maximum Gasteiger partial charge on any atom is 0.241 e. The number of aryl methyl sites for hydroxylation is 1. The van der Waals surface area contributed by atoms with E-state index >= 15 is 0 Å². The molecule has 1 aliphatic carbocycles. The molecule has 1 saturated carbocycles. The van der Waals surface area contributed by atoms with Crippen molar-refractivity contribution in [3.8, 4) is 0 Å². The minimum absolute atomic E-state index is 0. The number of halogens is 1. The first-order valence-electron chi connectivity index (χ1n) is 7.59. The van der Waals surface area contributed by atoms with Crippen molar-refractivity contribution in [1.82, 2.24) is 9.71 Å². The van der Waals surface area contributed by atoms with Crippen molar-refractivity contribution < 1.29 is 8.42 Å². The van der Waals surface area contributed by atoms with Crippen LogP contribution in [-0.4, -0.2) is 25.5 Å². The molecule has 1 aromatic heterocycles. The van der Waals surface area contributed by atoms with E-state index in [1.807, 2.05) is 6.92 Å². The first kappa shape index (κ1) is 18.1. The summed E-state index contributed by atoms with van der Waals surface area (Å²) in [5.74, 6) is 0. The second-order valence-electron chi connectivity index (χ2n) is 6.01. The highest BCUT2D eigenvalue weighted by molar-refractivity contribution is 7.89. The van der Waals surface area contributed by atoms with Crippen molar-refractivity contribution in [3.63, 3.8) is 0 Å². The van der Waals surface area contributed by atoms with Crippen LogP contribution in [0.4, 0.5) is 0 Å². The Balaban J connectivity index is 0.00000192. The minimum atomic E-state index is -3.55. The Morgan fingerprint density at radius 3 is 2.57 bits per heavy atom. The lowest BCUT2D eigenvalue weighted by molar-refractivity contribution is 0.373. The van der Waals surface area contributed by atoms with Crippen molar-refractivity contribution in [2.45, 2.75) is 49.6 Å². The number of nitrogens with zero attached hydrogens (tertiary/aromatic N) is 1. The van der Waals surface area contributed by atoms with Gasteiger partial charge in [0.1, 0.15) is 0 Å². The van der Waals surface area contributed by atoms with E-state index in [-0.39, 0.29) is 24.5 Å². The summed E-state index contributed by atoms with van der Waals surface area (Å²) >= 11 is 0. The van der Waals surface area contributed by atoms with Gasteiger partial charge in [0.25, 0.3) is 0 Å². The first-order chi connectivity index (χ1) is 10.5. The van der Waals surface area contributed by atoms with Crippen LogP contribution in [0.15, 0.2) is 35.4 Å². The molecule has 23 heavy (non-hydrogen) atoms. The molecule has 7 heteroatoms. The number of nitrogens with two attached hydrogens (primary N) is 1. The molecule has 2 aromatic rings. The lowest BCUT2D eigenvalue weighted by atomic mass is 9.93. The summed E-state index contributed by atoms with van der Waals surface area (Å²) in [4.78, 5) is 4.60. The molecule has 0 aliphatic heterocycles. The molecule has 1 heterocycles. The number of pyridine rings is 1. The molecule has 3 rings (SSSR count). The Morgan fingerprint density at radius 2 is 1.87 bits per heavy atom. The molecule has 1 aromatic carbocycles. The molecule has 0 spiro atoms. The molecule has 126 valence electrons. The summed E-state index contributed by atoms with van der Waals surface area (Å²) in [6, 6.07) is 7.21. The molecule has 0 amide bonds. The highest BCUT2D eigenvalue weighted by Gasteiger charge is 2.25. The SMILES string of the molecule is Cc1ccc(S(=O)(=O)NC2CCC(N)CC2)c2cccnc12.Cl. The van der Waals surface area contributed by atoms with Crippen molar-refractivity contribution in [2.75, 3.05) is 0 Å². The Hall–Kier alpha value is -1.21. The fourth-order valence-corrected chi connectivity index (χ4v) is 4.54. The average Bonchev–Trinajstić information content (AvgIpc) is 2.50. The van der Waals surface area contributed by atoms with Crippen LogP contribution in [0.2, 0.25) is 0 Å². The van der Waals surface area contributed by atoms with E-state index in [1.165, 1.54) is 0 Å². The third kappa shape index (κ3) is 3.83. The largest absolute Gasteiger partial charge is 0.328 e. The molecule has 5 nitrogen and oxygen atoms in total. The molecule has 0 saturated heterocycles. The predicted octanol–water partition coefficient (Wildman–Crippen LogP) is 2.51. The fraction of sp³-hybridized carbons (Fsp3) is 0.438. The number of rotatable bonds is 3. The molecule has 0 atom stereocenters. The van der Waals surface area contributed by atoms with Gasteiger partial charge in [0, 0.05) is 23.7 Å². The summed E-state index contributed by atoms with van der Waals surface area (Å²) in [5, 5.41) is 0.669. The van der Waals surface area contributed by atoms with Crippen LogP contribution in [0.5, 0.6) is 0 Å². The van der Waals surface area contributed by atoms with Gasteiger partial charge in [-0.3, -0.25) is 4.98 Å². The molecule has 1 aliphatic rings. The molecular formula is C16H22ClN3O2S. The summed E-state index contributed by atoms with van der Waals surface area (Å²) < 4.78 is 28.3. The third-order valence-corrected chi connectivity index (χ3v) is 5.89. The van der Waals surface area contributed by atoms with E-state index in [1.54, 1.807) is 30.5 Å². The van der Waals surface area contributed by atoms with Crippen LogP contribution in [0.25, 0.3) is 10.9 Å². The fourth-order valence-electron chi connectivity index (χ4n) is 3.04. The van der Waals surface area contributed by atoms with Gasteiger partial charge in [-0.15, -0.1) is 12.4 Å². The predicted molar refractivity (Wildman–Crippen MR) is 94.3 cm³/mol. The Morgan fingerprint density at radius 1 is 1.17 bits per heavy atom. The zero-order chi connectivity index (χ0) is 15.7. The number of hydrogen-bond acceptors (Lipinski definition) is 4. The van der Waals surface area contributed by atoms with Gasteiger partial charge in [-0.2, -0.15) is 0 Å². The van der Waals surface area contributed by atoms with Crippen LogP contribution in [0.1, 0.15) is 31.2 Å². The second-order valence-corrected chi connectivity index (χ2v) is 7.70. The van der Waals surface area contributed by atoms with E-state index in [4.69, 9.17) is 5.73 Å². The Labute approximate surface area is 143 Å². The lowest BCUT2D eigenvalue weighted by Gasteiger charge is -2.26. The Bertz CT molecular complexity index is 787. The number of benzene rings is 1. The van der Waals surface area contributed by atoms with Gasteiger partial charge in [0.15, 0.2) is 0 Å². The normalized spacial score (nSPS) is 21.8. The zero-order valence-electron chi connectivity index (χ0n) is 13.0. The quantitative estimate of drug-likeness (QED) is 0.885. The number of aromatic nitrogens is 1. The van der Waals surface area contributed by atoms with Gasteiger partial charge in [0.2, 0.25) is 10.0 Å². The van der Waals surface area contributed by atoms with Gasteiger partial charge >= 0.3 is 0 Å². The van der Waals surface area contributed by atoms with Crippen LogP contribution in [0.3, 0.4) is 0 Å². The summed E-state index contributed by atoms with van der Waals surface area (Å²) in [6.45, 7) is 1.93. The van der Waals surface area contributed by atoms with Crippen molar-refractivity contribution in [1.29, 1.82) is 0 Å². The van der Waals surface area contributed by atoms with Gasteiger partial charge in [-0.25, -0.2) is 13.1 Å². The minimum Gasteiger partial charge on any atom is -0.328 e. The molecule has 0 radical (unpaired) electrons. The monoisotopic (exact) mass is 355 g/mol. The molecule has 3 N–H and O–H groups in total. The van der Waals surface area contributed by atoms with Crippen molar-refractivity contribution in [2.24, 2.45) is 5.73 Å². The van der Waals surface area contributed by atoms with Crippen LogP contribution in [-0.2, 0) is 10.0 Å². The highest BCUT2D eigenvalue weighted by atomic mass is 35.5. The third-order valence-electron chi connectivity index (χ3n) is 4.31. The van der Waals surface area contributed by atoms with E-state index in [0.29, 0.717) is 10.3 Å². The molecule has 0 unspecified atom stereocenters. The maximum absolute atomic E-state index is 12.7. The first-order valence-corrected chi connectivity index (χ1v) is 9.08. The summed E-state index contributed by atoms with van der Waals surface area (Å²) in [5.41, 5.74) is 7.58. The van der Waals surface area contributed by atoms with Gasteiger partial charge in [0.05, 0.1) is 10.4 Å². The van der Waals surface area contributed by atoms with E-state index < -0.39 is 10.0 Å². The van der Waals surface area contributed by atoms with Crippen molar-refractivity contribution in [3.05, 3.63) is 36.0 Å². The van der Waals surface area contributed by atoms with Gasteiger partial charge in [-0.05, 0) is 56.4 Å². The van der Waals surface area contributed by atoms with E-state index in [0.717, 1.165) is 36.8 Å². The average molecular weight is 356 g/mol. The second kappa shape index (κ2) is 7.13. The number of fused-ring (bicyclic) bond motifs is 1.